The van der Waals surface area contributed by atoms with E-state index in [0.29, 0.717) is 16.9 Å². The Bertz CT molecular complexity index is 666. The maximum atomic E-state index is 11.7. The van der Waals surface area contributed by atoms with E-state index < -0.39 is 17.7 Å². The third-order valence-corrected chi connectivity index (χ3v) is 2.67. The van der Waals surface area contributed by atoms with Gasteiger partial charge in [-0.2, -0.15) is 0 Å². The number of amides is 3. The van der Waals surface area contributed by atoms with Crippen LogP contribution in [0.2, 0.25) is 0 Å². The molecular weight excluding hydrogens is 270 g/mol. The lowest BCUT2D eigenvalue weighted by Crippen LogP contribution is -2.29. The normalized spacial score (nSPS) is 9.71. The Morgan fingerprint density at radius 3 is 1.67 bits per heavy atom. The topological polar surface area (TPSA) is 101 Å². The zero-order valence-electron chi connectivity index (χ0n) is 11.0. The third-order valence-electron chi connectivity index (χ3n) is 2.67. The molecule has 2 aromatic carbocycles. The van der Waals surface area contributed by atoms with E-state index in [1.54, 1.807) is 30.3 Å². The molecule has 2 rings (SSSR count). The standard InChI is InChI=1S/C15H13N3O3/c16-13(19)10-6-8-12(9-7-10)18-15(21)14(20)17-11-4-2-1-3-5-11/h1-9H,(H2,16,19)(H,17,20)(H,18,21). The second kappa shape index (κ2) is 6.33. The molecule has 21 heavy (non-hydrogen) atoms. The van der Waals surface area contributed by atoms with Crippen LogP contribution in [-0.4, -0.2) is 17.7 Å². The Kier molecular flexibility index (Phi) is 4.30. The van der Waals surface area contributed by atoms with Gasteiger partial charge in [-0.15, -0.1) is 0 Å². The SMILES string of the molecule is NC(=O)c1ccc(NC(=O)C(=O)Nc2ccccc2)cc1. The molecule has 0 spiro atoms. The first kappa shape index (κ1) is 14.3. The van der Waals surface area contributed by atoms with Gasteiger partial charge < -0.3 is 16.4 Å². The fourth-order valence-corrected chi connectivity index (χ4v) is 1.62. The number of carbonyl (C=O) groups is 3. The lowest BCUT2D eigenvalue weighted by Gasteiger charge is -2.06. The van der Waals surface area contributed by atoms with E-state index in [2.05, 4.69) is 10.6 Å². The van der Waals surface area contributed by atoms with Gasteiger partial charge in [-0.05, 0) is 36.4 Å². The highest BCUT2D eigenvalue weighted by Crippen LogP contribution is 2.10. The molecule has 0 aromatic heterocycles. The minimum absolute atomic E-state index is 0.321. The summed E-state index contributed by atoms with van der Waals surface area (Å²) in [7, 11) is 0. The van der Waals surface area contributed by atoms with Crippen LogP contribution < -0.4 is 16.4 Å². The Labute approximate surface area is 121 Å². The summed E-state index contributed by atoms with van der Waals surface area (Å²) in [5.41, 5.74) is 6.36. The monoisotopic (exact) mass is 283 g/mol. The van der Waals surface area contributed by atoms with E-state index in [1.165, 1.54) is 24.3 Å². The van der Waals surface area contributed by atoms with Gasteiger partial charge in [0.05, 0.1) is 0 Å². The molecular formula is C15H13N3O3. The molecule has 0 bridgehead atoms. The fraction of sp³-hybridized carbons (Fsp3) is 0. The van der Waals surface area contributed by atoms with E-state index in [4.69, 9.17) is 5.73 Å². The first-order valence-electron chi connectivity index (χ1n) is 6.13. The number of hydrogen-bond donors (Lipinski definition) is 3. The van der Waals surface area contributed by atoms with Gasteiger partial charge >= 0.3 is 11.8 Å². The second-order valence-electron chi connectivity index (χ2n) is 4.22. The summed E-state index contributed by atoms with van der Waals surface area (Å²) in [6, 6.07) is 14.6. The average Bonchev–Trinajstić information content (AvgIpc) is 2.48. The van der Waals surface area contributed by atoms with Crippen molar-refractivity contribution >= 4 is 29.1 Å². The molecule has 0 aliphatic rings. The molecule has 4 N–H and O–H groups in total. The van der Waals surface area contributed by atoms with Gasteiger partial charge in [0.1, 0.15) is 0 Å². The van der Waals surface area contributed by atoms with Gasteiger partial charge in [0, 0.05) is 16.9 Å². The van der Waals surface area contributed by atoms with Crippen molar-refractivity contribution in [3.63, 3.8) is 0 Å². The molecule has 0 saturated heterocycles. The van der Waals surface area contributed by atoms with E-state index in [-0.39, 0.29) is 0 Å². The van der Waals surface area contributed by atoms with Gasteiger partial charge in [0.2, 0.25) is 5.91 Å². The van der Waals surface area contributed by atoms with Crippen molar-refractivity contribution < 1.29 is 14.4 Å². The van der Waals surface area contributed by atoms with Gasteiger partial charge in [0.25, 0.3) is 0 Å². The highest BCUT2D eigenvalue weighted by Gasteiger charge is 2.13. The number of primary amides is 1. The quantitative estimate of drug-likeness (QED) is 0.741. The molecule has 0 aliphatic heterocycles. The summed E-state index contributed by atoms with van der Waals surface area (Å²) in [6.45, 7) is 0. The largest absolute Gasteiger partial charge is 0.366 e. The first-order valence-corrected chi connectivity index (χ1v) is 6.13. The van der Waals surface area contributed by atoms with Crippen LogP contribution in [0, 0.1) is 0 Å². The lowest BCUT2D eigenvalue weighted by atomic mass is 10.2. The van der Waals surface area contributed by atoms with Gasteiger partial charge in [-0.1, -0.05) is 18.2 Å². The summed E-state index contributed by atoms with van der Waals surface area (Å²) < 4.78 is 0. The number of hydrogen-bond acceptors (Lipinski definition) is 3. The van der Waals surface area contributed by atoms with Crippen molar-refractivity contribution in [1.82, 2.24) is 0 Å². The molecule has 6 nitrogen and oxygen atoms in total. The molecule has 0 fully saturated rings. The third kappa shape index (κ3) is 3.90. The van der Waals surface area contributed by atoms with E-state index >= 15 is 0 Å². The number of para-hydroxylation sites is 1. The zero-order chi connectivity index (χ0) is 15.2. The number of carbonyl (C=O) groups excluding carboxylic acids is 3. The summed E-state index contributed by atoms with van der Waals surface area (Å²) in [5.74, 6) is -2.14. The lowest BCUT2D eigenvalue weighted by molar-refractivity contribution is -0.132. The summed E-state index contributed by atoms with van der Waals surface area (Å²) in [6.07, 6.45) is 0. The van der Waals surface area contributed by atoms with Crippen LogP contribution in [-0.2, 0) is 9.59 Å². The number of nitrogens with two attached hydrogens (primary N) is 1. The van der Waals surface area contributed by atoms with Crippen LogP contribution in [0.25, 0.3) is 0 Å². The highest BCUT2D eigenvalue weighted by molar-refractivity contribution is 6.43. The van der Waals surface area contributed by atoms with Crippen LogP contribution >= 0.6 is 0 Å². The predicted molar refractivity (Wildman–Crippen MR) is 78.7 cm³/mol. The van der Waals surface area contributed by atoms with Crippen molar-refractivity contribution in [3.05, 3.63) is 60.2 Å². The maximum absolute atomic E-state index is 11.7. The van der Waals surface area contributed by atoms with Crippen molar-refractivity contribution in [2.75, 3.05) is 10.6 Å². The Morgan fingerprint density at radius 2 is 1.19 bits per heavy atom. The van der Waals surface area contributed by atoms with E-state index in [1.807, 2.05) is 0 Å². The highest BCUT2D eigenvalue weighted by atomic mass is 16.2. The second-order valence-corrected chi connectivity index (χ2v) is 4.22. The molecule has 0 heterocycles. The van der Waals surface area contributed by atoms with Crippen LogP contribution in [0.4, 0.5) is 11.4 Å². The van der Waals surface area contributed by atoms with Gasteiger partial charge in [0.15, 0.2) is 0 Å². The van der Waals surface area contributed by atoms with Gasteiger partial charge in [-0.3, -0.25) is 14.4 Å². The Morgan fingerprint density at radius 1 is 0.714 bits per heavy atom. The van der Waals surface area contributed by atoms with Crippen LogP contribution in [0.5, 0.6) is 0 Å². The Balaban J connectivity index is 1.97. The number of benzene rings is 2. The number of rotatable bonds is 3. The fourth-order valence-electron chi connectivity index (χ4n) is 1.62. The van der Waals surface area contributed by atoms with Crippen molar-refractivity contribution in [1.29, 1.82) is 0 Å². The molecule has 0 radical (unpaired) electrons. The predicted octanol–water partition coefficient (Wildman–Crippen LogP) is 1.36. The zero-order valence-corrected chi connectivity index (χ0v) is 11.0. The summed E-state index contributed by atoms with van der Waals surface area (Å²) in [5, 5.41) is 4.89. The minimum Gasteiger partial charge on any atom is -0.366 e. The average molecular weight is 283 g/mol. The minimum atomic E-state index is -0.800. The van der Waals surface area contributed by atoms with Crippen LogP contribution in [0.15, 0.2) is 54.6 Å². The van der Waals surface area contributed by atoms with Crippen molar-refractivity contribution in [2.24, 2.45) is 5.73 Å². The van der Waals surface area contributed by atoms with E-state index in [0.717, 1.165) is 0 Å². The summed E-state index contributed by atoms with van der Waals surface area (Å²) >= 11 is 0. The molecule has 106 valence electrons. The van der Waals surface area contributed by atoms with Crippen molar-refractivity contribution in [2.45, 2.75) is 0 Å². The Hall–Kier alpha value is -3.15. The molecule has 0 saturated carbocycles. The van der Waals surface area contributed by atoms with Crippen molar-refractivity contribution in [3.8, 4) is 0 Å². The molecule has 6 heteroatoms. The number of anilines is 2. The van der Waals surface area contributed by atoms with Gasteiger partial charge in [-0.25, -0.2) is 0 Å². The first-order chi connectivity index (χ1) is 10.1. The number of nitrogens with one attached hydrogen (secondary N) is 2. The smallest absolute Gasteiger partial charge is 0.314 e. The van der Waals surface area contributed by atoms with Crippen LogP contribution in [0.3, 0.4) is 0 Å². The molecule has 0 atom stereocenters. The maximum Gasteiger partial charge on any atom is 0.314 e. The molecule has 2 aromatic rings. The van der Waals surface area contributed by atoms with Crippen LogP contribution in [0.1, 0.15) is 10.4 Å². The molecule has 0 unspecified atom stereocenters. The molecule has 3 amide bonds. The summed E-state index contributed by atoms with van der Waals surface area (Å²) in [4.78, 5) is 34.3. The van der Waals surface area contributed by atoms with E-state index in [9.17, 15) is 14.4 Å². The molecule has 0 aliphatic carbocycles.